The summed E-state index contributed by atoms with van der Waals surface area (Å²) in [7, 11) is 0. The van der Waals surface area contributed by atoms with E-state index in [0.29, 0.717) is 44.1 Å². The van der Waals surface area contributed by atoms with Gasteiger partial charge in [-0.05, 0) is 24.3 Å². The smallest absolute Gasteiger partial charge is 0.289 e. The van der Waals surface area contributed by atoms with E-state index in [9.17, 15) is 9.59 Å². The summed E-state index contributed by atoms with van der Waals surface area (Å²) in [5.41, 5.74) is 0. The Hall–Kier alpha value is -2.28. The van der Waals surface area contributed by atoms with Crippen molar-refractivity contribution in [1.29, 1.82) is 0 Å². The molecule has 0 bridgehead atoms. The zero-order valence-electron chi connectivity index (χ0n) is 13.3. The second-order valence-corrected chi connectivity index (χ2v) is 6.53. The number of furan rings is 1. The molecule has 1 fully saturated rings. The summed E-state index contributed by atoms with van der Waals surface area (Å²) in [6.45, 7) is 2.22. The van der Waals surface area contributed by atoms with Gasteiger partial charge in [0.15, 0.2) is 5.76 Å². The minimum absolute atomic E-state index is 0.113. The van der Waals surface area contributed by atoms with E-state index in [1.54, 1.807) is 35.0 Å². The number of nitrogens with zero attached hydrogens (tertiary/aromatic N) is 3. The molecule has 3 heterocycles. The molecule has 1 aliphatic rings. The van der Waals surface area contributed by atoms with Gasteiger partial charge in [-0.15, -0.1) is 11.8 Å². The molecule has 0 aromatic carbocycles. The van der Waals surface area contributed by atoms with Crippen LogP contribution < -0.4 is 0 Å². The van der Waals surface area contributed by atoms with Crippen molar-refractivity contribution in [2.24, 2.45) is 0 Å². The number of carbonyl (C=O) groups is 2. The summed E-state index contributed by atoms with van der Waals surface area (Å²) >= 11 is 1.58. The van der Waals surface area contributed by atoms with Gasteiger partial charge in [0.05, 0.1) is 11.3 Å². The number of carbonyl (C=O) groups excluding carboxylic acids is 2. The van der Waals surface area contributed by atoms with Crippen LogP contribution in [0.4, 0.5) is 0 Å². The van der Waals surface area contributed by atoms with Gasteiger partial charge in [0, 0.05) is 44.5 Å². The predicted octanol–water partition coefficient (Wildman–Crippen LogP) is 2.14. The molecule has 1 aliphatic heterocycles. The highest BCUT2D eigenvalue weighted by Crippen LogP contribution is 2.16. The predicted molar refractivity (Wildman–Crippen MR) is 90.8 cm³/mol. The lowest BCUT2D eigenvalue weighted by Gasteiger charge is -2.34. The van der Waals surface area contributed by atoms with Crippen LogP contribution in [0.3, 0.4) is 0 Å². The highest BCUT2D eigenvalue weighted by atomic mass is 32.2. The van der Waals surface area contributed by atoms with Crippen LogP contribution in [0.5, 0.6) is 0 Å². The van der Waals surface area contributed by atoms with Gasteiger partial charge >= 0.3 is 0 Å². The molecule has 24 heavy (non-hydrogen) atoms. The molecule has 0 unspecified atom stereocenters. The van der Waals surface area contributed by atoms with Crippen LogP contribution in [-0.4, -0.2) is 58.5 Å². The van der Waals surface area contributed by atoms with Gasteiger partial charge < -0.3 is 14.2 Å². The van der Waals surface area contributed by atoms with Crippen LogP contribution in [0.25, 0.3) is 0 Å². The van der Waals surface area contributed by atoms with Gasteiger partial charge in [-0.3, -0.25) is 9.59 Å². The molecule has 2 amide bonds. The zero-order chi connectivity index (χ0) is 16.8. The molecule has 3 rings (SSSR count). The minimum Gasteiger partial charge on any atom is -0.459 e. The van der Waals surface area contributed by atoms with Crippen LogP contribution in [0.2, 0.25) is 0 Å². The number of hydrogen-bond acceptors (Lipinski definition) is 5. The van der Waals surface area contributed by atoms with Crippen molar-refractivity contribution in [3.63, 3.8) is 0 Å². The van der Waals surface area contributed by atoms with Crippen molar-refractivity contribution in [2.75, 3.05) is 31.9 Å². The summed E-state index contributed by atoms with van der Waals surface area (Å²) in [6, 6.07) is 9.11. The van der Waals surface area contributed by atoms with E-state index in [-0.39, 0.29) is 11.8 Å². The number of aromatic nitrogens is 1. The van der Waals surface area contributed by atoms with Crippen LogP contribution in [0.1, 0.15) is 17.0 Å². The van der Waals surface area contributed by atoms with Gasteiger partial charge in [0.1, 0.15) is 0 Å². The van der Waals surface area contributed by atoms with E-state index in [0.717, 1.165) is 5.03 Å². The van der Waals surface area contributed by atoms with Gasteiger partial charge in [-0.25, -0.2) is 4.98 Å². The van der Waals surface area contributed by atoms with Gasteiger partial charge in [0.25, 0.3) is 5.91 Å². The van der Waals surface area contributed by atoms with E-state index in [4.69, 9.17) is 4.42 Å². The molecule has 0 atom stereocenters. The van der Waals surface area contributed by atoms with Crippen molar-refractivity contribution in [2.45, 2.75) is 11.4 Å². The highest BCUT2D eigenvalue weighted by molar-refractivity contribution is 7.99. The third-order valence-corrected chi connectivity index (χ3v) is 4.80. The molecule has 0 saturated carbocycles. The first-order valence-electron chi connectivity index (χ1n) is 7.88. The summed E-state index contributed by atoms with van der Waals surface area (Å²) < 4.78 is 5.14. The third-order valence-electron chi connectivity index (χ3n) is 3.86. The zero-order valence-corrected chi connectivity index (χ0v) is 14.1. The molecule has 0 radical (unpaired) electrons. The van der Waals surface area contributed by atoms with E-state index >= 15 is 0 Å². The van der Waals surface area contributed by atoms with E-state index in [2.05, 4.69) is 4.98 Å². The van der Waals surface area contributed by atoms with Crippen LogP contribution in [0, 0.1) is 0 Å². The first-order valence-corrected chi connectivity index (χ1v) is 8.87. The van der Waals surface area contributed by atoms with Crippen LogP contribution >= 0.6 is 11.8 Å². The number of amides is 2. The monoisotopic (exact) mass is 345 g/mol. The molecule has 2 aromatic heterocycles. The lowest BCUT2D eigenvalue weighted by atomic mass is 10.2. The van der Waals surface area contributed by atoms with Crippen molar-refractivity contribution in [1.82, 2.24) is 14.8 Å². The molecule has 6 nitrogen and oxygen atoms in total. The van der Waals surface area contributed by atoms with Crippen molar-refractivity contribution in [3.8, 4) is 0 Å². The van der Waals surface area contributed by atoms with E-state index in [1.807, 2.05) is 23.1 Å². The minimum atomic E-state index is -0.113. The Morgan fingerprint density at radius 1 is 1.08 bits per heavy atom. The molecule has 126 valence electrons. The normalized spacial score (nSPS) is 14.7. The first kappa shape index (κ1) is 16.6. The first-order chi connectivity index (χ1) is 11.7. The third kappa shape index (κ3) is 4.17. The molecule has 0 spiro atoms. The maximum Gasteiger partial charge on any atom is 0.289 e. The average molecular weight is 345 g/mol. The molecule has 1 saturated heterocycles. The summed E-state index contributed by atoms with van der Waals surface area (Å²) in [5, 5.41) is 0.930. The average Bonchev–Trinajstić information content (AvgIpc) is 3.17. The maximum atomic E-state index is 12.3. The Labute approximate surface area is 144 Å². The Morgan fingerprint density at radius 3 is 2.54 bits per heavy atom. The Kier molecular flexibility index (Phi) is 5.53. The number of rotatable bonds is 5. The van der Waals surface area contributed by atoms with Gasteiger partial charge in [0.2, 0.25) is 5.91 Å². The Morgan fingerprint density at radius 2 is 1.88 bits per heavy atom. The fourth-order valence-corrected chi connectivity index (χ4v) is 3.34. The number of piperazine rings is 1. The molecule has 0 aliphatic carbocycles. The quantitative estimate of drug-likeness (QED) is 0.777. The number of pyridine rings is 1. The van der Waals surface area contributed by atoms with Crippen LogP contribution in [-0.2, 0) is 4.79 Å². The summed E-state index contributed by atoms with van der Waals surface area (Å²) in [4.78, 5) is 32.2. The second kappa shape index (κ2) is 8.01. The van der Waals surface area contributed by atoms with Gasteiger partial charge in [-0.1, -0.05) is 6.07 Å². The van der Waals surface area contributed by atoms with Crippen LogP contribution in [0.15, 0.2) is 52.2 Å². The number of thioether (sulfide) groups is 1. The second-order valence-electron chi connectivity index (χ2n) is 5.42. The van der Waals surface area contributed by atoms with E-state index in [1.165, 1.54) is 6.26 Å². The van der Waals surface area contributed by atoms with Gasteiger partial charge in [-0.2, -0.15) is 0 Å². The topological polar surface area (TPSA) is 66.7 Å². The maximum absolute atomic E-state index is 12.3. The SMILES string of the molecule is O=C(CCSc1ccccn1)N1CCN(C(=O)c2ccco2)CC1. The van der Waals surface area contributed by atoms with Crippen molar-refractivity contribution in [3.05, 3.63) is 48.6 Å². The number of hydrogen-bond donors (Lipinski definition) is 0. The molecular formula is C17H19N3O3S. The molecule has 2 aromatic rings. The lowest BCUT2D eigenvalue weighted by Crippen LogP contribution is -2.50. The standard InChI is InChI=1S/C17H19N3O3S/c21-16(6-13-24-15-5-1-2-7-18-15)19-8-10-20(11-9-19)17(22)14-4-3-12-23-14/h1-5,7,12H,6,8-11,13H2. The fraction of sp³-hybridized carbons (Fsp3) is 0.353. The lowest BCUT2D eigenvalue weighted by molar-refractivity contribution is -0.132. The molecular weight excluding hydrogens is 326 g/mol. The summed E-state index contributed by atoms with van der Waals surface area (Å²) in [6.07, 6.45) is 3.72. The Bertz CT molecular complexity index is 668. The van der Waals surface area contributed by atoms with E-state index < -0.39 is 0 Å². The van der Waals surface area contributed by atoms with Crippen molar-refractivity contribution >= 4 is 23.6 Å². The largest absolute Gasteiger partial charge is 0.459 e. The van der Waals surface area contributed by atoms with Crippen molar-refractivity contribution < 1.29 is 14.0 Å². The Balaban J connectivity index is 1.41. The molecule has 7 heteroatoms. The summed E-state index contributed by atoms with van der Waals surface area (Å²) in [5.74, 6) is 1.07. The molecule has 0 N–H and O–H groups in total. The highest BCUT2D eigenvalue weighted by Gasteiger charge is 2.25. The fourth-order valence-electron chi connectivity index (χ4n) is 2.55.